The second-order valence-corrected chi connectivity index (χ2v) is 20.2. The molecule has 1 aliphatic rings. The number of carbonyl (C=O) groups is 2. The number of nitrogens with zero attached hydrogens (tertiary/aromatic N) is 2. The lowest BCUT2D eigenvalue weighted by Gasteiger charge is -2.39. The molecule has 7 heteroatoms. The Morgan fingerprint density at radius 1 is 0.508 bits per heavy atom. The van der Waals surface area contributed by atoms with Crippen LogP contribution in [-0.2, 0) is 14.3 Å². The van der Waals surface area contributed by atoms with Gasteiger partial charge in [-0.1, -0.05) is 195 Å². The molecule has 1 amide bonds. The zero-order valence-electron chi connectivity index (χ0n) is 43.0. The second kappa shape index (κ2) is 46.0. The highest BCUT2D eigenvalue weighted by Crippen LogP contribution is 2.26. The van der Waals surface area contributed by atoms with Crippen LogP contribution in [0.2, 0.25) is 0 Å². The standard InChI is InChI=1S/C56H111N3O4/c1-5-9-13-17-21-27-36-52(37-28-22-18-14-10-6-2)50-55(61)57-42-31-25-33-44-59(54-40-35-41-54)46-45-58(47-48-60)43-32-26-34-49-63-56(62)51-53(38-29-23-19-15-11-7-3)39-30-24-20-16-12-8-4/h52-54,60H,5-51H2,1-4H3,(H,57,61). The number of amides is 1. The molecule has 0 spiro atoms. The zero-order chi connectivity index (χ0) is 45.7. The Labute approximate surface area is 393 Å². The largest absolute Gasteiger partial charge is 0.466 e. The lowest BCUT2D eigenvalue weighted by Crippen LogP contribution is -2.45. The third kappa shape index (κ3) is 37.6. The first-order valence-electron chi connectivity index (χ1n) is 28.5. The van der Waals surface area contributed by atoms with Gasteiger partial charge in [-0.05, 0) is 95.6 Å². The van der Waals surface area contributed by atoms with Crippen LogP contribution in [0.1, 0.15) is 278 Å². The van der Waals surface area contributed by atoms with Crippen molar-refractivity contribution in [2.24, 2.45) is 11.8 Å². The van der Waals surface area contributed by atoms with Crippen LogP contribution < -0.4 is 5.32 Å². The van der Waals surface area contributed by atoms with Crippen molar-refractivity contribution in [1.82, 2.24) is 15.1 Å². The fourth-order valence-electron chi connectivity index (χ4n) is 9.80. The summed E-state index contributed by atoms with van der Waals surface area (Å²) in [6, 6.07) is 0.710. The molecule has 7 nitrogen and oxygen atoms in total. The molecule has 0 aliphatic heterocycles. The van der Waals surface area contributed by atoms with Gasteiger partial charge >= 0.3 is 5.97 Å². The van der Waals surface area contributed by atoms with Gasteiger partial charge in [0.1, 0.15) is 0 Å². The third-order valence-electron chi connectivity index (χ3n) is 14.3. The van der Waals surface area contributed by atoms with Gasteiger partial charge in [-0.15, -0.1) is 0 Å². The van der Waals surface area contributed by atoms with Crippen molar-refractivity contribution in [3.63, 3.8) is 0 Å². The number of aliphatic hydroxyl groups is 1. The fraction of sp³-hybridized carbons (Fsp3) is 0.964. The van der Waals surface area contributed by atoms with E-state index in [1.54, 1.807) is 0 Å². The van der Waals surface area contributed by atoms with E-state index in [1.165, 1.54) is 205 Å². The number of esters is 1. The van der Waals surface area contributed by atoms with Gasteiger partial charge in [-0.2, -0.15) is 0 Å². The summed E-state index contributed by atoms with van der Waals surface area (Å²) < 4.78 is 5.79. The highest BCUT2D eigenvalue weighted by Gasteiger charge is 2.25. The second-order valence-electron chi connectivity index (χ2n) is 20.2. The van der Waals surface area contributed by atoms with Crippen LogP contribution in [0.5, 0.6) is 0 Å². The zero-order valence-corrected chi connectivity index (χ0v) is 43.0. The van der Waals surface area contributed by atoms with Crippen LogP contribution in [0.15, 0.2) is 0 Å². The maximum absolute atomic E-state index is 13.0. The molecule has 0 aromatic carbocycles. The number of nitrogens with one attached hydrogen (secondary N) is 1. The quantitative estimate of drug-likeness (QED) is 0.0468. The Kier molecular flexibility index (Phi) is 43.6. The van der Waals surface area contributed by atoms with Gasteiger partial charge < -0.3 is 15.2 Å². The SMILES string of the molecule is CCCCCCCCC(CCCCCCCC)CC(=O)NCCCCCN(CCN(CCO)CCCCCOC(=O)CC(CCCCCCCC)CCCCCCCC)C1CCC1. The van der Waals surface area contributed by atoms with Crippen molar-refractivity contribution >= 4 is 11.9 Å². The normalized spacial score (nSPS) is 13.2. The van der Waals surface area contributed by atoms with Gasteiger partial charge in [0.05, 0.1) is 13.2 Å². The minimum atomic E-state index is 0.0148. The van der Waals surface area contributed by atoms with Crippen LogP contribution in [0, 0.1) is 11.8 Å². The first kappa shape index (κ1) is 59.8. The maximum atomic E-state index is 13.0. The summed E-state index contributed by atoms with van der Waals surface area (Å²) in [6.45, 7) is 15.6. The first-order chi connectivity index (χ1) is 31.0. The number of unbranched alkanes of at least 4 members (excludes halogenated alkanes) is 24. The van der Waals surface area contributed by atoms with Gasteiger partial charge in [0, 0.05) is 45.1 Å². The van der Waals surface area contributed by atoms with E-state index in [-0.39, 0.29) is 18.5 Å². The van der Waals surface area contributed by atoms with Gasteiger partial charge in [0.15, 0.2) is 0 Å². The Balaban J connectivity index is 2.36. The lowest BCUT2D eigenvalue weighted by atomic mass is 9.91. The summed E-state index contributed by atoms with van der Waals surface area (Å²) in [5.74, 6) is 1.33. The smallest absolute Gasteiger partial charge is 0.306 e. The molecule has 1 fully saturated rings. The lowest BCUT2D eigenvalue weighted by molar-refractivity contribution is -0.145. The summed E-state index contributed by atoms with van der Waals surface area (Å²) in [5, 5.41) is 13.2. The van der Waals surface area contributed by atoms with Gasteiger partial charge in [0.2, 0.25) is 5.91 Å². The molecule has 0 bridgehead atoms. The van der Waals surface area contributed by atoms with E-state index in [0.717, 1.165) is 77.8 Å². The highest BCUT2D eigenvalue weighted by atomic mass is 16.5. The van der Waals surface area contributed by atoms with Crippen LogP contribution in [0.25, 0.3) is 0 Å². The average molecular weight is 891 g/mol. The van der Waals surface area contributed by atoms with Crippen molar-refractivity contribution in [2.75, 3.05) is 52.5 Å². The molecule has 1 aliphatic carbocycles. The summed E-state index contributed by atoms with van der Waals surface area (Å²) >= 11 is 0. The Hall–Kier alpha value is -1.18. The third-order valence-corrected chi connectivity index (χ3v) is 14.3. The predicted molar refractivity (Wildman–Crippen MR) is 273 cm³/mol. The van der Waals surface area contributed by atoms with E-state index in [9.17, 15) is 14.7 Å². The fourth-order valence-corrected chi connectivity index (χ4v) is 9.80. The van der Waals surface area contributed by atoms with E-state index >= 15 is 0 Å². The molecule has 374 valence electrons. The number of carbonyl (C=O) groups excluding carboxylic acids is 2. The van der Waals surface area contributed by atoms with Crippen LogP contribution >= 0.6 is 0 Å². The van der Waals surface area contributed by atoms with Crippen molar-refractivity contribution in [2.45, 2.75) is 284 Å². The molecule has 1 rings (SSSR count). The van der Waals surface area contributed by atoms with Crippen molar-refractivity contribution in [3.8, 4) is 0 Å². The van der Waals surface area contributed by atoms with Crippen LogP contribution in [-0.4, -0.2) is 85.3 Å². The maximum Gasteiger partial charge on any atom is 0.306 e. The minimum absolute atomic E-state index is 0.0148. The monoisotopic (exact) mass is 890 g/mol. The number of ether oxygens (including phenoxy) is 1. The van der Waals surface area contributed by atoms with Crippen LogP contribution in [0.3, 0.4) is 0 Å². The van der Waals surface area contributed by atoms with Gasteiger partial charge in [0.25, 0.3) is 0 Å². The number of hydrogen-bond acceptors (Lipinski definition) is 6. The number of aliphatic hydroxyl groups excluding tert-OH is 1. The summed E-state index contributed by atoms with van der Waals surface area (Å²) in [7, 11) is 0. The van der Waals surface area contributed by atoms with E-state index in [0.29, 0.717) is 30.9 Å². The molecule has 0 radical (unpaired) electrons. The molecule has 0 unspecified atom stereocenters. The molecule has 0 heterocycles. The summed E-state index contributed by atoms with van der Waals surface area (Å²) in [4.78, 5) is 31.1. The first-order valence-corrected chi connectivity index (χ1v) is 28.5. The molecule has 0 atom stereocenters. The molecule has 2 N–H and O–H groups in total. The van der Waals surface area contributed by atoms with E-state index in [2.05, 4.69) is 42.8 Å². The van der Waals surface area contributed by atoms with Crippen molar-refractivity contribution in [3.05, 3.63) is 0 Å². The predicted octanol–water partition coefficient (Wildman–Crippen LogP) is 15.2. The molecule has 63 heavy (non-hydrogen) atoms. The van der Waals surface area contributed by atoms with Gasteiger partial charge in [-0.3, -0.25) is 19.4 Å². The molecular formula is C56H111N3O4. The van der Waals surface area contributed by atoms with Crippen LogP contribution in [0.4, 0.5) is 0 Å². The minimum Gasteiger partial charge on any atom is -0.466 e. The molecule has 0 aromatic rings. The summed E-state index contributed by atoms with van der Waals surface area (Å²) in [5.41, 5.74) is 0. The van der Waals surface area contributed by atoms with Gasteiger partial charge in [-0.25, -0.2) is 0 Å². The van der Waals surface area contributed by atoms with E-state index < -0.39 is 0 Å². The molecular weight excluding hydrogens is 779 g/mol. The van der Waals surface area contributed by atoms with E-state index in [4.69, 9.17) is 4.74 Å². The van der Waals surface area contributed by atoms with Crippen molar-refractivity contribution in [1.29, 1.82) is 0 Å². The topological polar surface area (TPSA) is 82.1 Å². The average Bonchev–Trinajstić information content (AvgIpc) is 3.25. The Bertz CT molecular complexity index is 944. The van der Waals surface area contributed by atoms with Crippen molar-refractivity contribution < 1.29 is 19.4 Å². The molecule has 0 saturated heterocycles. The van der Waals surface area contributed by atoms with E-state index in [1.807, 2.05) is 0 Å². The molecule has 1 saturated carbocycles. The Morgan fingerprint density at radius 3 is 1.43 bits per heavy atom. The number of hydrogen-bond donors (Lipinski definition) is 2. The summed E-state index contributed by atoms with van der Waals surface area (Å²) in [6.07, 6.45) is 48.2. The Morgan fingerprint density at radius 2 is 0.952 bits per heavy atom. The molecule has 0 aromatic heterocycles. The number of rotatable bonds is 50. The highest BCUT2D eigenvalue weighted by molar-refractivity contribution is 5.76.